The number of nitrogens with zero attached hydrogens (tertiary/aromatic N) is 4. The molecular weight excluding hydrogens is 632 g/mol. The molecule has 2 aliphatic rings. The fraction of sp³-hybridized carbons (Fsp3) is 0.333. The molecule has 0 spiro atoms. The molecule has 258 valence electrons. The monoisotopic (exact) mass is 674 g/mol. The number of amides is 1. The summed E-state index contributed by atoms with van der Waals surface area (Å²) in [6, 6.07) is 17.3. The van der Waals surface area contributed by atoms with Crippen LogP contribution in [0.25, 0.3) is 33.4 Å². The maximum atomic E-state index is 13.8. The molecule has 2 aromatic carbocycles. The van der Waals surface area contributed by atoms with Gasteiger partial charge in [0.1, 0.15) is 17.5 Å². The number of pyridine rings is 2. The van der Waals surface area contributed by atoms with Crippen LogP contribution in [0.1, 0.15) is 35.7 Å². The Hall–Kier alpha value is -5.10. The second-order valence-electron chi connectivity index (χ2n) is 12.9. The minimum atomic E-state index is -0.458. The molecule has 5 aromatic rings. The molecule has 11 heteroatoms. The van der Waals surface area contributed by atoms with E-state index in [1.165, 1.54) is 5.56 Å². The second-order valence-corrected chi connectivity index (χ2v) is 12.9. The highest BCUT2D eigenvalue weighted by molar-refractivity contribution is 6.04. The summed E-state index contributed by atoms with van der Waals surface area (Å²) < 4.78 is 20.6. The summed E-state index contributed by atoms with van der Waals surface area (Å²) in [4.78, 5) is 32.0. The van der Waals surface area contributed by atoms with Crippen LogP contribution in [-0.2, 0) is 33.7 Å². The van der Waals surface area contributed by atoms with Crippen molar-refractivity contribution in [3.8, 4) is 33.4 Å². The van der Waals surface area contributed by atoms with Gasteiger partial charge in [0.2, 0.25) is 5.43 Å². The van der Waals surface area contributed by atoms with Gasteiger partial charge in [-0.2, -0.15) is 5.10 Å². The molecule has 1 amide bonds. The number of benzene rings is 2. The Kier molecular flexibility index (Phi) is 10.2. The van der Waals surface area contributed by atoms with Crippen molar-refractivity contribution < 1.29 is 19.0 Å². The average Bonchev–Trinajstić information content (AvgIpc) is 3.62. The van der Waals surface area contributed by atoms with Crippen LogP contribution in [0.4, 0.5) is 11.5 Å². The van der Waals surface area contributed by atoms with Crippen LogP contribution in [0.3, 0.4) is 0 Å². The molecular formula is C39H42N6O5. The molecule has 0 bridgehead atoms. The van der Waals surface area contributed by atoms with Crippen molar-refractivity contribution in [1.29, 1.82) is 0 Å². The summed E-state index contributed by atoms with van der Waals surface area (Å²) in [5, 5.41) is 7.44. The Morgan fingerprint density at radius 3 is 2.36 bits per heavy atom. The molecule has 0 unspecified atom stereocenters. The minimum Gasteiger partial charge on any atom is -0.383 e. The minimum absolute atomic E-state index is 0.0318. The van der Waals surface area contributed by atoms with Crippen LogP contribution < -0.4 is 16.5 Å². The van der Waals surface area contributed by atoms with Crippen LogP contribution in [0.15, 0.2) is 90.4 Å². The molecule has 2 fully saturated rings. The van der Waals surface area contributed by atoms with E-state index in [0.29, 0.717) is 55.9 Å². The maximum absolute atomic E-state index is 13.8. The summed E-state index contributed by atoms with van der Waals surface area (Å²) in [6.07, 6.45) is 11.8. The lowest BCUT2D eigenvalue weighted by atomic mass is 9.99. The summed E-state index contributed by atoms with van der Waals surface area (Å²) in [6.45, 7) is 6.61. The smallest absolute Gasteiger partial charge is 0.261 e. The van der Waals surface area contributed by atoms with Gasteiger partial charge in [-0.3, -0.25) is 14.3 Å². The third-order valence-electron chi connectivity index (χ3n) is 9.42. The first kappa shape index (κ1) is 33.4. The summed E-state index contributed by atoms with van der Waals surface area (Å²) in [5.74, 6) is 0.341. The quantitative estimate of drug-likeness (QED) is 0.193. The number of nitrogens with two attached hydrogens (primary N) is 1. The van der Waals surface area contributed by atoms with Gasteiger partial charge >= 0.3 is 0 Å². The molecule has 3 N–H and O–H groups in total. The number of rotatable bonds is 10. The lowest BCUT2D eigenvalue weighted by Crippen LogP contribution is -2.32. The van der Waals surface area contributed by atoms with Crippen molar-refractivity contribution in [2.45, 2.75) is 45.4 Å². The summed E-state index contributed by atoms with van der Waals surface area (Å²) in [7, 11) is 0. The molecule has 0 saturated carbocycles. The Morgan fingerprint density at radius 2 is 1.62 bits per heavy atom. The zero-order valence-electron chi connectivity index (χ0n) is 28.2. The number of hydrogen-bond acceptors (Lipinski definition) is 8. The zero-order chi connectivity index (χ0) is 34.5. The second kappa shape index (κ2) is 15.2. The van der Waals surface area contributed by atoms with Crippen LogP contribution >= 0.6 is 0 Å². The number of carbonyl (C=O) groups is 1. The van der Waals surface area contributed by atoms with Gasteiger partial charge in [-0.15, -0.1) is 0 Å². The number of aromatic nitrogens is 4. The Balaban J connectivity index is 1.10. The molecule has 2 aliphatic heterocycles. The van der Waals surface area contributed by atoms with Crippen molar-refractivity contribution >= 4 is 17.4 Å². The van der Waals surface area contributed by atoms with E-state index in [-0.39, 0.29) is 17.1 Å². The SMILES string of the molecule is CCc1ccc(-c2cn(CC3CCOCC3)cc(C(=O)Nc3ccc(-c4cc(-c5cnn(C[C@H]6COCCO6)c5)cnc4N)cc3)c2=O)cc1. The number of nitrogen functional groups attached to an aromatic ring is 1. The normalized spacial score (nSPS) is 16.7. The lowest BCUT2D eigenvalue weighted by molar-refractivity contribution is -0.0946. The zero-order valence-corrected chi connectivity index (χ0v) is 28.2. The molecule has 50 heavy (non-hydrogen) atoms. The van der Waals surface area contributed by atoms with E-state index in [1.54, 1.807) is 30.7 Å². The van der Waals surface area contributed by atoms with E-state index in [9.17, 15) is 9.59 Å². The van der Waals surface area contributed by atoms with Gasteiger partial charge in [-0.1, -0.05) is 43.3 Å². The fourth-order valence-electron chi connectivity index (χ4n) is 6.51. The highest BCUT2D eigenvalue weighted by atomic mass is 16.6. The molecule has 0 radical (unpaired) electrons. The molecule has 11 nitrogen and oxygen atoms in total. The third kappa shape index (κ3) is 7.70. The Labute approximate surface area is 291 Å². The molecule has 7 rings (SSSR count). The largest absolute Gasteiger partial charge is 0.383 e. The van der Waals surface area contributed by atoms with Gasteiger partial charge in [0.15, 0.2) is 0 Å². The summed E-state index contributed by atoms with van der Waals surface area (Å²) in [5.41, 5.74) is 12.5. The molecule has 0 aliphatic carbocycles. The third-order valence-corrected chi connectivity index (χ3v) is 9.42. The lowest BCUT2D eigenvalue weighted by Gasteiger charge is -2.23. The van der Waals surface area contributed by atoms with Crippen molar-refractivity contribution in [2.75, 3.05) is 44.1 Å². The number of hydrogen-bond donors (Lipinski definition) is 2. The van der Waals surface area contributed by atoms with E-state index in [2.05, 4.69) is 22.3 Å². The number of anilines is 2. The van der Waals surface area contributed by atoms with Gasteiger partial charge < -0.3 is 29.8 Å². The van der Waals surface area contributed by atoms with Crippen molar-refractivity contribution in [2.24, 2.45) is 5.92 Å². The first-order valence-electron chi connectivity index (χ1n) is 17.2. The maximum Gasteiger partial charge on any atom is 0.261 e. The number of carbonyl (C=O) groups excluding carboxylic acids is 1. The van der Waals surface area contributed by atoms with E-state index in [4.69, 9.17) is 19.9 Å². The van der Waals surface area contributed by atoms with Crippen molar-refractivity contribution in [1.82, 2.24) is 19.3 Å². The van der Waals surface area contributed by atoms with Gasteiger partial charge in [-0.05, 0) is 60.1 Å². The van der Waals surface area contributed by atoms with Gasteiger partial charge in [0.25, 0.3) is 5.91 Å². The van der Waals surface area contributed by atoms with Crippen LogP contribution in [0.2, 0.25) is 0 Å². The van der Waals surface area contributed by atoms with E-state index < -0.39 is 5.91 Å². The predicted molar refractivity (Wildman–Crippen MR) is 193 cm³/mol. The van der Waals surface area contributed by atoms with E-state index in [1.807, 2.05) is 64.1 Å². The van der Waals surface area contributed by atoms with Crippen LogP contribution in [0.5, 0.6) is 0 Å². The van der Waals surface area contributed by atoms with Gasteiger partial charge in [-0.25, -0.2) is 4.98 Å². The van der Waals surface area contributed by atoms with Crippen molar-refractivity contribution in [3.05, 3.63) is 107 Å². The van der Waals surface area contributed by atoms with Crippen molar-refractivity contribution in [3.63, 3.8) is 0 Å². The number of ether oxygens (including phenoxy) is 3. The number of nitrogens with one attached hydrogen (secondary N) is 1. The van der Waals surface area contributed by atoms with E-state index >= 15 is 0 Å². The Bertz CT molecular complexity index is 1990. The fourth-order valence-corrected chi connectivity index (χ4v) is 6.51. The molecule has 1 atom stereocenters. The number of aryl methyl sites for hydroxylation is 1. The Morgan fingerprint density at radius 1 is 0.860 bits per heavy atom. The first-order chi connectivity index (χ1) is 24.4. The van der Waals surface area contributed by atoms with Gasteiger partial charge in [0, 0.05) is 72.5 Å². The standard InChI is InChI=1S/C39H42N6O5/c1-2-26-3-5-29(6-4-26)35-23-44(20-27-11-13-48-14-12-27)24-36(37(35)46)39(47)43-32-9-7-28(8-10-32)34-17-30(18-41-38(34)40)31-19-42-45(21-31)22-33-25-49-15-16-50-33/h3-10,17-19,21,23-24,27,33H,2,11-16,20,22,25H2,1H3,(H2,40,41)(H,43,47)/t33-/m0/s1. The molecule has 2 saturated heterocycles. The van der Waals surface area contributed by atoms with Crippen LogP contribution in [0, 0.1) is 5.92 Å². The van der Waals surface area contributed by atoms with E-state index in [0.717, 1.165) is 60.3 Å². The summed E-state index contributed by atoms with van der Waals surface area (Å²) >= 11 is 0. The first-order valence-corrected chi connectivity index (χ1v) is 17.2. The highest BCUT2D eigenvalue weighted by Crippen LogP contribution is 2.31. The average molecular weight is 675 g/mol. The highest BCUT2D eigenvalue weighted by Gasteiger charge is 2.20. The molecule has 3 aromatic heterocycles. The predicted octanol–water partition coefficient (Wildman–Crippen LogP) is 5.68. The topological polar surface area (TPSA) is 136 Å². The molecule has 5 heterocycles. The van der Waals surface area contributed by atoms with Gasteiger partial charge in [0.05, 0.1) is 32.6 Å². The van der Waals surface area contributed by atoms with Crippen LogP contribution in [-0.4, -0.2) is 64.4 Å².